The Labute approximate surface area is 119 Å². The quantitative estimate of drug-likeness (QED) is 0.831. The van der Waals surface area contributed by atoms with Gasteiger partial charge in [0.2, 0.25) is 5.91 Å². The molecule has 1 heterocycles. The van der Waals surface area contributed by atoms with Crippen molar-refractivity contribution >= 4 is 11.7 Å². The number of aromatic nitrogens is 1. The molecule has 0 spiro atoms. The second-order valence-corrected chi connectivity index (χ2v) is 6.99. The number of nitrogens with one attached hydrogen (secondary N) is 2. The maximum absolute atomic E-state index is 12.7. The first-order chi connectivity index (χ1) is 9.73. The molecule has 1 aromatic heterocycles. The molecule has 2 N–H and O–H groups in total. The van der Waals surface area contributed by atoms with Crippen LogP contribution in [0.25, 0.3) is 0 Å². The van der Waals surface area contributed by atoms with E-state index in [4.69, 9.17) is 0 Å². The number of hydrogen-bond acceptors (Lipinski definition) is 3. The summed E-state index contributed by atoms with van der Waals surface area (Å²) < 4.78 is 0. The Balaban J connectivity index is 1.46. The van der Waals surface area contributed by atoms with Crippen LogP contribution < -0.4 is 10.9 Å². The summed E-state index contributed by atoms with van der Waals surface area (Å²) in [7, 11) is 0. The first kappa shape index (κ1) is 12.2. The molecule has 4 aliphatic carbocycles. The molecule has 4 nitrogen and oxygen atoms in total. The highest BCUT2D eigenvalue weighted by Gasteiger charge is 2.54. The number of hydrazine groups is 1. The smallest absolute Gasteiger partial charge is 0.244 e. The standard InChI is InChI=1S/C16H21N3O/c20-15(19-18-14-3-1-2-4-17-14)16-8-11-5-12(9-16)7-13(6-11)10-16/h1-4,11-13H,5-10H2,(H,17,18)(H,19,20). The van der Waals surface area contributed by atoms with Crippen LogP contribution in [0.15, 0.2) is 24.4 Å². The molecule has 4 fully saturated rings. The summed E-state index contributed by atoms with van der Waals surface area (Å²) in [6, 6.07) is 5.64. The minimum absolute atomic E-state index is 0.101. The lowest BCUT2D eigenvalue weighted by Crippen LogP contribution is -2.54. The van der Waals surface area contributed by atoms with Crippen LogP contribution in [0, 0.1) is 23.2 Å². The first-order valence-corrected chi connectivity index (χ1v) is 7.71. The van der Waals surface area contributed by atoms with Crippen LogP contribution in [-0.4, -0.2) is 10.9 Å². The van der Waals surface area contributed by atoms with Gasteiger partial charge in [0.15, 0.2) is 0 Å². The third-order valence-corrected chi connectivity index (χ3v) is 5.49. The molecule has 4 bridgehead atoms. The predicted molar refractivity (Wildman–Crippen MR) is 76.6 cm³/mol. The van der Waals surface area contributed by atoms with Crippen LogP contribution in [0.4, 0.5) is 5.82 Å². The van der Waals surface area contributed by atoms with E-state index < -0.39 is 0 Å². The van der Waals surface area contributed by atoms with Crippen molar-refractivity contribution in [3.05, 3.63) is 24.4 Å². The molecule has 0 atom stereocenters. The average Bonchev–Trinajstić information content (AvgIpc) is 2.44. The van der Waals surface area contributed by atoms with Gasteiger partial charge in [-0.3, -0.25) is 15.6 Å². The molecule has 4 saturated carbocycles. The zero-order valence-electron chi connectivity index (χ0n) is 11.6. The largest absolute Gasteiger partial charge is 0.282 e. The van der Waals surface area contributed by atoms with E-state index in [-0.39, 0.29) is 11.3 Å². The number of hydrogen-bond donors (Lipinski definition) is 2. The molecule has 20 heavy (non-hydrogen) atoms. The third-order valence-electron chi connectivity index (χ3n) is 5.49. The molecule has 0 aliphatic heterocycles. The lowest BCUT2D eigenvalue weighted by Gasteiger charge is -2.55. The van der Waals surface area contributed by atoms with Crippen LogP contribution in [0.2, 0.25) is 0 Å². The molecule has 4 aliphatic rings. The second-order valence-electron chi connectivity index (χ2n) is 6.99. The van der Waals surface area contributed by atoms with Crippen molar-refractivity contribution in [3.8, 4) is 0 Å². The molecule has 106 valence electrons. The highest BCUT2D eigenvalue weighted by molar-refractivity contribution is 5.84. The lowest BCUT2D eigenvalue weighted by atomic mass is 9.49. The van der Waals surface area contributed by atoms with Gasteiger partial charge >= 0.3 is 0 Å². The van der Waals surface area contributed by atoms with E-state index in [1.807, 2.05) is 18.2 Å². The topological polar surface area (TPSA) is 54.0 Å². The Bertz CT molecular complexity index is 478. The van der Waals surface area contributed by atoms with E-state index >= 15 is 0 Å². The summed E-state index contributed by atoms with van der Waals surface area (Å²) in [6.45, 7) is 0. The van der Waals surface area contributed by atoms with Crippen LogP contribution in [0.1, 0.15) is 38.5 Å². The maximum Gasteiger partial charge on any atom is 0.244 e. The number of pyridine rings is 1. The predicted octanol–water partition coefficient (Wildman–Crippen LogP) is 2.74. The van der Waals surface area contributed by atoms with Gasteiger partial charge in [-0.2, -0.15) is 0 Å². The first-order valence-electron chi connectivity index (χ1n) is 7.71. The molecule has 0 aromatic carbocycles. The van der Waals surface area contributed by atoms with Crippen molar-refractivity contribution in [3.63, 3.8) is 0 Å². The maximum atomic E-state index is 12.7. The Hall–Kier alpha value is -1.58. The normalized spacial score (nSPS) is 37.7. The van der Waals surface area contributed by atoms with Gasteiger partial charge < -0.3 is 0 Å². The fourth-order valence-corrected chi connectivity index (χ4v) is 5.08. The third kappa shape index (κ3) is 1.98. The van der Waals surface area contributed by atoms with Crippen molar-refractivity contribution in [1.82, 2.24) is 10.4 Å². The molecule has 0 unspecified atom stereocenters. The Morgan fingerprint density at radius 3 is 2.30 bits per heavy atom. The van der Waals surface area contributed by atoms with Crippen molar-refractivity contribution in [2.24, 2.45) is 23.2 Å². The Kier molecular flexibility index (Phi) is 2.72. The minimum Gasteiger partial charge on any atom is -0.282 e. The van der Waals surface area contributed by atoms with Gasteiger partial charge in [0, 0.05) is 6.20 Å². The highest BCUT2D eigenvalue weighted by atomic mass is 16.2. The van der Waals surface area contributed by atoms with E-state index in [9.17, 15) is 4.79 Å². The van der Waals surface area contributed by atoms with Crippen molar-refractivity contribution in [2.75, 3.05) is 5.43 Å². The summed E-state index contributed by atoms with van der Waals surface area (Å²) in [5.41, 5.74) is 5.76. The number of amides is 1. The number of nitrogens with zero attached hydrogens (tertiary/aromatic N) is 1. The van der Waals surface area contributed by atoms with Crippen molar-refractivity contribution < 1.29 is 4.79 Å². The van der Waals surface area contributed by atoms with E-state index in [2.05, 4.69) is 15.8 Å². The van der Waals surface area contributed by atoms with Crippen LogP contribution >= 0.6 is 0 Å². The fraction of sp³-hybridized carbons (Fsp3) is 0.625. The molecule has 0 saturated heterocycles. The van der Waals surface area contributed by atoms with Gasteiger partial charge in [0.1, 0.15) is 5.82 Å². The molecule has 4 heteroatoms. The van der Waals surface area contributed by atoms with Gasteiger partial charge in [0.25, 0.3) is 0 Å². The molecule has 1 amide bonds. The van der Waals surface area contributed by atoms with Gasteiger partial charge in [0.05, 0.1) is 5.41 Å². The highest BCUT2D eigenvalue weighted by Crippen LogP contribution is 2.60. The number of anilines is 1. The summed E-state index contributed by atoms with van der Waals surface area (Å²) in [5.74, 6) is 3.26. The molecule has 5 rings (SSSR count). The summed E-state index contributed by atoms with van der Waals surface area (Å²) in [4.78, 5) is 16.8. The zero-order valence-corrected chi connectivity index (χ0v) is 11.6. The number of carbonyl (C=O) groups is 1. The van der Waals surface area contributed by atoms with Gasteiger partial charge in [-0.15, -0.1) is 0 Å². The summed E-state index contributed by atoms with van der Waals surface area (Å²) >= 11 is 0. The van der Waals surface area contributed by atoms with E-state index in [1.165, 1.54) is 19.3 Å². The number of carbonyl (C=O) groups excluding carboxylic acids is 1. The van der Waals surface area contributed by atoms with Crippen LogP contribution in [0.5, 0.6) is 0 Å². The lowest BCUT2D eigenvalue weighted by molar-refractivity contribution is -0.145. The second kappa shape index (κ2) is 4.47. The zero-order chi connectivity index (χ0) is 13.6. The average molecular weight is 271 g/mol. The van der Waals surface area contributed by atoms with Crippen molar-refractivity contribution in [2.45, 2.75) is 38.5 Å². The molecule has 1 aromatic rings. The summed E-state index contributed by atoms with van der Waals surface area (Å²) in [5, 5.41) is 0. The number of rotatable bonds is 3. The van der Waals surface area contributed by atoms with Crippen molar-refractivity contribution in [1.29, 1.82) is 0 Å². The molecular formula is C16H21N3O. The monoisotopic (exact) mass is 271 g/mol. The van der Waals surface area contributed by atoms with Crippen LogP contribution in [-0.2, 0) is 4.79 Å². The van der Waals surface area contributed by atoms with E-state index in [0.29, 0.717) is 5.82 Å². The van der Waals surface area contributed by atoms with E-state index in [0.717, 1.165) is 37.0 Å². The molecular weight excluding hydrogens is 250 g/mol. The minimum atomic E-state index is -0.101. The Morgan fingerprint density at radius 2 is 1.75 bits per heavy atom. The SMILES string of the molecule is O=C(NNc1ccccn1)C12CC3CC(CC(C3)C1)C2. The van der Waals surface area contributed by atoms with Crippen LogP contribution in [0.3, 0.4) is 0 Å². The Morgan fingerprint density at radius 1 is 1.10 bits per heavy atom. The van der Waals surface area contributed by atoms with Gasteiger partial charge in [-0.05, 0) is 68.4 Å². The molecule has 0 radical (unpaired) electrons. The van der Waals surface area contributed by atoms with Gasteiger partial charge in [-0.25, -0.2) is 4.98 Å². The fourth-order valence-electron chi connectivity index (χ4n) is 5.08. The summed E-state index contributed by atoms with van der Waals surface area (Å²) in [6.07, 6.45) is 9.08. The van der Waals surface area contributed by atoms with E-state index in [1.54, 1.807) is 6.20 Å². The van der Waals surface area contributed by atoms with Gasteiger partial charge in [-0.1, -0.05) is 6.07 Å².